The van der Waals surface area contributed by atoms with E-state index in [0.717, 1.165) is 24.3 Å². The standard InChI is InChI=1S/C19H22N2O4/c22-14-4-1-12(2-5-14)13-3-6-15-17(11-13)25-10-9-21(15)16-7-8-18(23)20-19(16)24/h3,6,11-12,16H,1-2,4-5,7-10H2,(H,20,23,24)/t16-/m0/s1. The highest BCUT2D eigenvalue weighted by Gasteiger charge is 2.34. The van der Waals surface area contributed by atoms with Crippen LogP contribution in [0.25, 0.3) is 0 Å². The van der Waals surface area contributed by atoms with Crippen molar-refractivity contribution in [3.05, 3.63) is 23.8 Å². The van der Waals surface area contributed by atoms with Gasteiger partial charge in [0, 0.05) is 19.3 Å². The van der Waals surface area contributed by atoms with E-state index in [1.807, 2.05) is 6.07 Å². The minimum atomic E-state index is -0.321. The fraction of sp³-hybridized carbons (Fsp3) is 0.526. The zero-order valence-corrected chi connectivity index (χ0v) is 14.1. The van der Waals surface area contributed by atoms with Crippen LogP contribution in [-0.2, 0) is 14.4 Å². The van der Waals surface area contributed by atoms with E-state index in [2.05, 4.69) is 22.3 Å². The highest BCUT2D eigenvalue weighted by molar-refractivity contribution is 6.01. The normalized spacial score (nSPS) is 24.6. The van der Waals surface area contributed by atoms with Crippen LogP contribution < -0.4 is 15.0 Å². The lowest BCUT2D eigenvalue weighted by atomic mass is 9.83. The Morgan fingerprint density at radius 1 is 1.04 bits per heavy atom. The van der Waals surface area contributed by atoms with Crippen LogP contribution in [0.5, 0.6) is 5.75 Å². The van der Waals surface area contributed by atoms with Gasteiger partial charge in [0.05, 0.1) is 12.2 Å². The van der Waals surface area contributed by atoms with E-state index in [0.29, 0.717) is 50.5 Å². The SMILES string of the molecule is O=C1CCC(c2ccc3c(c2)OCCN3[C@H]2CCC(=O)NC2=O)CC1. The summed E-state index contributed by atoms with van der Waals surface area (Å²) in [4.78, 5) is 37.1. The summed E-state index contributed by atoms with van der Waals surface area (Å²) >= 11 is 0. The Kier molecular flexibility index (Phi) is 4.19. The van der Waals surface area contributed by atoms with Gasteiger partial charge in [-0.2, -0.15) is 0 Å². The predicted molar refractivity (Wildman–Crippen MR) is 91.7 cm³/mol. The molecule has 1 saturated heterocycles. The van der Waals surface area contributed by atoms with Gasteiger partial charge in [0.25, 0.3) is 0 Å². The van der Waals surface area contributed by atoms with Crippen LogP contribution >= 0.6 is 0 Å². The van der Waals surface area contributed by atoms with Crippen molar-refractivity contribution in [1.29, 1.82) is 0 Å². The molecule has 1 N–H and O–H groups in total. The fourth-order valence-corrected chi connectivity index (χ4v) is 4.09. The molecule has 25 heavy (non-hydrogen) atoms. The summed E-state index contributed by atoms with van der Waals surface area (Å²) < 4.78 is 5.85. The second-order valence-corrected chi connectivity index (χ2v) is 7.05. The molecule has 2 heterocycles. The van der Waals surface area contributed by atoms with Gasteiger partial charge >= 0.3 is 0 Å². The number of carbonyl (C=O) groups is 3. The lowest BCUT2D eigenvalue weighted by molar-refractivity contribution is -0.134. The van der Waals surface area contributed by atoms with Crippen molar-refractivity contribution in [3.63, 3.8) is 0 Å². The van der Waals surface area contributed by atoms with Crippen LogP contribution in [-0.4, -0.2) is 36.8 Å². The Hall–Kier alpha value is -2.37. The molecule has 3 aliphatic rings. The van der Waals surface area contributed by atoms with Gasteiger partial charge in [-0.25, -0.2) is 0 Å². The number of hydrogen-bond acceptors (Lipinski definition) is 5. The summed E-state index contributed by atoms with van der Waals surface area (Å²) in [5.74, 6) is 1.13. The number of rotatable bonds is 2. The second-order valence-electron chi connectivity index (χ2n) is 7.05. The highest BCUT2D eigenvalue weighted by Crippen LogP contribution is 2.39. The first-order valence-electron chi connectivity index (χ1n) is 9.00. The molecule has 2 fully saturated rings. The molecule has 0 bridgehead atoms. The number of amides is 2. The summed E-state index contributed by atoms with van der Waals surface area (Å²) in [5, 5.41) is 2.43. The summed E-state index contributed by atoms with van der Waals surface area (Å²) in [6.45, 7) is 1.16. The number of fused-ring (bicyclic) bond motifs is 1. The number of anilines is 1. The minimum Gasteiger partial charge on any atom is -0.490 e. The van der Waals surface area contributed by atoms with Crippen LogP contribution in [0.2, 0.25) is 0 Å². The number of Topliss-reactive ketones (excluding diaryl/α,β-unsaturated/α-hetero) is 1. The Labute approximate surface area is 146 Å². The molecule has 6 heteroatoms. The molecule has 0 aromatic heterocycles. The maximum absolute atomic E-state index is 12.2. The van der Waals surface area contributed by atoms with Crippen LogP contribution in [0, 0.1) is 0 Å². The molecule has 6 nitrogen and oxygen atoms in total. The Bertz CT molecular complexity index is 720. The zero-order valence-electron chi connectivity index (χ0n) is 14.1. The van der Waals surface area contributed by atoms with E-state index in [-0.39, 0.29) is 17.9 Å². The van der Waals surface area contributed by atoms with Crippen molar-refractivity contribution in [1.82, 2.24) is 5.32 Å². The first-order valence-corrected chi connectivity index (χ1v) is 9.00. The third-order valence-electron chi connectivity index (χ3n) is 5.48. The summed E-state index contributed by atoms with van der Waals surface area (Å²) in [5.41, 5.74) is 2.12. The van der Waals surface area contributed by atoms with Gasteiger partial charge in [-0.05, 0) is 42.9 Å². The Morgan fingerprint density at radius 2 is 1.84 bits per heavy atom. The van der Waals surface area contributed by atoms with E-state index in [1.54, 1.807) is 0 Å². The molecule has 1 aromatic carbocycles. The van der Waals surface area contributed by atoms with Gasteiger partial charge in [-0.15, -0.1) is 0 Å². The molecule has 132 valence electrons. The number of nitrogens with zero attached hydrogens (tertiary/aromatic N) is 1. The van der Waals surface area contributed by atoms with Gasteiger partial charge in [0.2, 0.25) is 11.8 Å². The molecule has 1 atom stereocenters. The summed E-state index contributed by atoms with van der Waals surface area (Å²) in [7, 11) is 0. The smallest absolute Gasteiger partial charge is 0.249 e. The van der Waals surface area contributed by atoms with Crippen molar-refractivity contribution in [3.8, 4) is 5.75 Å². The van der Waals surface area contributed by atoms with E-state index in [9.17, 15) is 14.4 Å². The molecule has 4 rings (SSSR count). The molecular weight excluding hydrogens is 320 g/mol. The van der Waals surface area contributed by atoms with E-state index >= 15 is 0 Å². The average molecular weight is 342 g/mol. The molecule has 1 saturated carbocycles. The number of imide groups is 1. The molecule has 2 amide bonds. The van der Waals surface area contributed by atoms with Crippen LogP contribution in [0.15, 0.2) is 18.2 Å². The lowest BCUT2D eigenvalue weighted by Crippen LogP contribution is -2.54. The monoisotopic (exact) mass is 342 g/mol. The predicted octanol–water partition coefficient (Wildman–Crippen LogP) is 1.92. The van der Waals surface area contributed by atoms with Gasteiger partial charge in [-0.1, -0.05) is 6.07 Å². The second kappa shape index (κ2) is 6.50. The fourth-order valence-electron chi connectivity index (χ4n) is 4.09. The van der Waals surface area contributed by atoms with Gasteiger partial charge in [-0.3, -0.25) is 19.7 Å². The van der Waals surface area contributed by atoms with Gasteiger partial charge < -0.3 is 9.64 Å². The highest BCUT2D eigenvalue weighted by atomic mass is 16.5. The van der Waals surface area contributed by atoms with Crippen LogP contribution in [0.1, 0.15) is 50.0 Å². The molecule has 1 aromatic rings. The van der Waals surface area contributed by atoms with Crippen molar-refractivity contribution in [2.75, 3.05) is 18.1 Å². The van der Waals surface area contributed by atoms with Crippen molar-refractivity contribution in [2.24, 2.45) is 0 Å². The van der Waals surface area contributed by atoms with Crippen molar-refractivity contribution in [2.45, 2.75) is 50.5 Å². The molecule has 2 aliphatic heterocycles. The molecule has 0 unspecified atom stereocenters. The number of ether oxygens (including phenoxy) is 1. The topological polar surface area (TPSA) is 75.7 Å². The number of piperidine rings is 1. The average Bonchev–Trinajstić information content (AvgIpc) is 2.62. The molecule has 1 aliphatic carbocycles. The lowest BCUT2D eigenvalue weighted by Gasteiger charge is -2.38. The van der Waals surface area contributed by atoms with Crippen molar-refractivity contribution < 1.29 is 19.1 Å². The maximum atomic E-state index is 12.2. The van der Waals surface area contributed by atoms with Gasteiger partial charge in [0.15, 0.2) is 0 Å². The number of nitrogens with one attached hydrogen (secondary N) is 1. The van der Waals surface area contributed by atoms with Crippen molar-refractivity contribution >= 4 is 23.3 Å². The number of benzene rings is 1. The Balaban J connectivity index is 1.57. The maximum Gasteiger partial charge on any atom is 0.249 e. The quantitative estimate of drug-likeness (QED) is 0.831. The van der Waals surface area contributed by atoms with Crippen LogP contribution in [0.3, 0.4) is 0 Å². The molecule has 0 spiro atoms. The van der Waals surface area contributed by atoms with E-state index in [4.69, 9.17) is 4.74 Å². The Morgan fingerprint density at radius 3 is 2.60 bits per heavy atom. The van der Waals surface area contributed by atoms with E-state index in [1.165, 1.54) is 5.56 Å². The number of hydrogen-bond donors (Lipinski definition) is 1. The molecule has 0 radical (unpaired) electrons. The molecular formula is C19H22N2O4. The van der Waals surface area contributed by atoms with E-state index < -0.39 is 0 Å². The van der Waals surface area contributed by atoms with Crippen LogP contribution in [0.4, 0.5) is 5.69 Å². The minimum absolute atomic E-state index is 0.197. The summed E-state index contributed by atoms with van der Waals surface area (Å²) in [6, 6.07) is 5.85. The summed E-state index contributed by atoms with van der Waals surface area (Å²) in [6.07, 6.45) is 4.02. The third kappa shape index (κ3) is 3.13. The van der Waals surface area contributed by atoms with Gasteiger partial charge in [0.1, 0.15) is 24.2 Å². The first kappa shape index (κ1) is 16.1. The third-order valence-corrected chi connectivity index (χ3v) is 5.48. The first-order chi connectivity index (χ1) is 12.1. The number of ketones is 1. The largest absolute Gasteiger partial charge is 0.490 e. The zero-order chi connectivity index (χ0) is 17.4. The number of carbonyl (C=O) groups excluding carboxylic acids is 3.